The molecule has 0 aliphatic carbocycles. The Bertz CT molecular complexity index is 377. The number of hydrogen-bond donors (Lipinski definition) is 1. The molecule has 3 unspecified atom stereocenters. The van der Waals surface area contributed by atoms with Crippen molar-refractivity contribution in [1.29, 1.82) is 0 Å². The van der Waals surface area contributed by atoms with Crippen molar-refractivity contribution >= 4 is 0 Å². The third kappa shape index (κ3) is 3.05. The van der Waals surface area contributed by atoms with Gasteiger partial charge < -0.3 is 10.5 Å². The number of benzene rings is 1. The van der Waals surface area contributed by atoms with Crippen LogP contribution in [0.4, 0.5) is 0 Å². The summed E-state index contributed by atoms with van der Waals surface area (Å²) in [5, 5.41) is 0. The van der Waals surface area contributed by atoms with Gasteiger partial charge >= 0.3 is 0 Å². The monoisotopic (exact) mass is 247 g/mol. The number of nitrogens with two attached hydrogens (primary N) is 1. The van der Waals surface area contributed by atoms with Crippen LogP contribution < -0.4 is 10.5 Å². The van der Waals surface area contributed by atoms with Crippen LogP contribution in [-0.2, 0) is 0 Å². The molecule has 2 heteroatoms. The molecular formula is C16H25NO. The van der Waals surface area contributed by atoms with Crippen molar-refractivity contribution in [3.05, 3.63) is 29.8 Å². The number of fused-ring (bicyclic) bond motifs is 1. The summed E-state index contributed by atoms with van der Waals surface area (Å²) in [6, 6.07) is 8.61. The fourth-order valence-corrected chi connectivity index (χ4v) is 3.05. The summed E-state index contributed by atoms with van der Waals surface area (Å²) in [5.41, 5.74) is 7.74. The molecule has 2 rings (SSSR count). The quantitative estimate of drug-likeness (QED) is 0.861. The predicted octanol–water partition coefficient (Wildman–Crippen LogP) is 3.71. The van der Waals surface area contributed by atoms with E-state index >= 15 is 0 Å². The van der Waals surface area contributed by atoms with Crippen LogP contribution in [0.3, 0.4) is 0 Å². The molecule has 2 nitrogen and oxygen atoms in total. The normalized spacial score (nSPS) is 21.8. The molecule has 0 aromatic heterocycles. The predicted molar refractivity (Wildman–Crippen MR) is 76.0 cm³/mol. The lowest BCUT2D eigenvalue weighted by Gasteiger charge is -2.31. The summed E-state index contributed by atoms with van der Waals surface area (Å²) in [4.78, 5) is 0. The lowest BCUT2D eigenvalue weighted by molar-refractivity contribution is 0.246. The van der Waals surface area contributed by atoms with Crippen molar-refractivity contribution in [2.45, 2.75) is 51.5 Å². The van der Waals surface area contributed by atoms with Crippen molar-refractivity contribution in [3.8, 4) is 5.75 Å². The van der Waals surface area contributed by atoms with E-state index in [9.17, 15) is 0 Å². The summed E-state index contributed by atoms with van der Waals surface area (Å²) < 4.78 is 5.70. The van der Waals surface area contributed by atoms with E-state index < -0.39 is 0 Å². The Morgan fingerprint density at radius 3 is 2.94 bits per heavy atom. The minimum Gasteiger partial charge on any atom is -0.493 e. The first-order valence-corrected chi connectivity index (χ1v) is 7.19. The van der Waals surface area contributed by atoms with E-state index in [1.165, 1.54) is 18.4 Å². The summed E-state index contributed by atoms with van der Waals surface area (Å²) >= 11 is 0. The Morgan fingerprint density at radius 1 is 1.39 bits per heavy atom. The van der Waals surface area contributed by atoms with Gasteiger partial charge in [-0.3, -0.25) is 0 Å². The van der Waals surface area contributed by atoms with Crippen molar-refractivity contribution in [3.63, 3.8) is 0 Å². The number of para-hydroxylation sites is 1. The zero-order chi connectivity index (χ0) is 13.0. The second-order valence-corrected chi connectivity index (χ2v) is 5.57. The third-order valence-corrected chi connectivity index (χ3v) is 3.98. The van der Waals surface area contributed by atoms with Crippen molar-refractivity contribution in [1.82, 2.24) is 0 Å². The van der Waals surface area contributed by atoms with E-state index in [0.29, 0.717) is 5.92 Å². The van der Waals surface area contributed by atoms with E-state index in [0.717, 1.165) is 31.1 Å². The van der Waals surface area contributed by atoms with Gasteiger partial charge in [0.05, 0.1) is 6.61 Å². The molecule has 1 aromatic rings. The summed E-state index contributed by atoms with van der Waals surface area (Å²) in [6.45, 7) is 5.36. The van der Waals surface area contributed by atoms with Gasteiger partial charge in [-0.05, 0) is 30.4 Å². The summed E-state index contributed by atoms with van der Waals surface area (Å²) in [5.74, 6) is 2.22. The SMILES string of the molecule is CCCC(C)CC(N)C1CCOc2ccccc21. The lowest BCUT2D eigenvalue weighted by atomic mass is 9.82. The number of ether oxygens (including phenoxy) is 1. The molecule has 100 valence electrons. The van der Waals surface area contributed by atoms with Crippen LogP contribution in [0.15, 0.2) is 24.3 Å². The van der Waals surface area contributed by atoms with Crippen LogP contribution in [-0.4, -0.2) is 12.6 Å². The molecule has 1 aliphatic rings. The van der Waals surface area contributed by atoms with Gasteiger partial charge in [0.1, 0.15) is 5.75 Å². The van der Waals surface area contributed by atoms with Gasteiger partial charge in [0, 0.05) is 12.0 Å². The van der Waals surface area contributed by atoms with Gasteiger partial charge in [-0.2, -0.15) is 0 Å². The molecule has 0 bridgehead atoms. The van der Waals surface area contributed by atoms with Crippen LogP contribution in [0.1, 0.15) is 51.0 Å². The number of rotatable bonds is 5. The molecule has 3 atom stereocenters. The van der Waals surface area contributed by atoms with Crippen molar-refractivity contribution in [2.75, 3.05) is 6.61 Å². The van der Waals surface area contributed by atoms with Crippen LogP contribution in [0.25, 0.3) is 0 Å². The molecule has 0 saturated heterocycles. The first-order valence-electron chi connectivity index (χ1n) is 7.19. The molecule has 0 radical (unpaired) electrons. The van der Waals surface area contributed by atoms with Gasteiger partial charge in [-0.15, -0.1) is 0 Å². The van der Waals surface area contributed by atoms with Gasteiger partial charge in [0.25, 0.3) is 0 Å². The Kier molecular flexibility index (Phi) is 4.65. The maximum atomic E-state index is 6.44. The van der Waals surface area contributed by atoms with E-state index in [1.54, 1.807) is 0 Å². The molecule has 18 heavy (non-hydrogen) atoms. The first-order chi connectivity index (χ1) is 8.72. The van der Waals surface area contributed by atoms with Crippen LogP contribution in [0.5, 0.6) is 5.75 Å². The lowest BCUT2D eigenvalue weighted by Crippen LogP contribution is -2.33. The zero-order valence-corrected chi connectivity index (χ0v) is 11.6. The molecule has 2 N–H and O–H groups in total. The van der Waals surface area contributed by atoms with Crippen LogP contribution in [0, 0.1) is 5.92 Å². The highest BCUT2D eigenvalue weighted by Crippen LogP contribution is 2.36. The van der Waals surface area contributed by atoms with E-state index in [-0.39, 0.29) is 6.04 Å². The van der Waals surface area contributed by atoms with Gasteiger partial charge in [-0.25, -0.2) is 0 Å². The van der Waals surface area contributed by atoms with Crippen molar-refractivity contribution < 1.29 is 4.74 Å². The molecular weight excluding hydrogens is 222 g/mol. The maximum Gasteiger partial charge on any atom is 0.122 e. The Balaban J connectivity index is 2.05. The third-order valence-electron chi connectivity index (χ3n) is 3.98. The standard InChI is InChI=1S/C16H25NO/c1-3-6-12(2)11-15(17)13-9-10-18-16-8-5-4-7-14(13)16/h4-5,7-8,12-13,15H,3,6,9-11,17H2,1-2H3. The van der Waals surface area contributed by atoms with Crippen LogP contribution >= 0.6 is 0 Å². The van der Waals surface area contributed by atoms with Gasteiger partial charge in [0.15, 0.2) is 0 Å². The second-order valence-electron chi connectivity index (χ2n) is 5.57. The Labute approximate surface area is 111 Å². The molecule has 0 spiro atoms. The van der Waals surface area contributed by atoms with E-state index in [4.69, 9.17) is 10.5 Å². The highest BCUT2D eigenvalue weighted by molar-refractivity contribution is 5.38. The number of hydrogen-bond acceptors (Lipinski definition) is 2. The average molecular weight is 247 g/mol. The minimum atomic E-state index is 0.261. The molecule has 0 saturated carbocycles. The average Bonchev–Trinajstić information content (AvgIpc) is 2.38. The minimum absolute atomic E-state index is 0.261. The molecule has 1 aromatic carbocycles. The van der Waals surface area contributed by atoms with Crippen LogP contribution in [0.2, 0.25) is 0 Å². The molecule has 0 fully saturated rings. The molecule has 1 heterocycles. The summed E-state index contributed by atoms with van der Waals surface area (Å²) in [6.07, 6.45) is 4.70. The Morgan fingerprint density at radius 2 is 2.17 bits per heavy atom. The maximum absolute atomic E-state index is 6.44. The van der Waals surface area contributed by atoms with E-state index in [2.05, 4.69) is 32.0 Å². The topological polar surface area (TPSA) is 35.2 Å². The van der Waals surface area contributed by atoms with Gasteiger partial charge in [-0.1, -0.05) is 44.9 Å². The van der Waals surface area contributed by atoms with Gasteiger partial charge in [0.2, 0.25) is 0 Å². The molecule has 0 amide bonds. The fourth-order valence-electron chi connectivity index (χ4n) is 3.05. The van der Waals surface area contributed by atoms with E-state index in [1.807, 2.05) is 6.07 Å². The highest BCUT2D eigenvalue weighted by atomic mass is 16.5. The fraction of sp³-hybridized carbons (Fsp3) is 0.625. The zero-order valence-electron chi connectivity index (χ0n) is 11.6. The smallest absolute Gasteiger partial charge is 0.122 e. The first kappa shape index (κ1) is 13.4. The summed E-state index contributed by atoms with van der Waals surface area (Å²) in [7, 11) is 0. The highest BCUT2D eigenvalue weighted by Gasteiger charge is 2.27. The molecule has 1 aliphatic heterocycles. The Hall–Kier alpha value is -1.02. The van der Waals surface area contributed by atoms with Crippen molar-refractivity contribution in [2.24, 2.45) is 11.7 Å². The largest absolute Gasteiger partial charge is 0.493 e. The second kappa shape index (κ2) is 6.24.